The van der Waals surface area contributed by atoms with Gasteiger partial charge in [-0.25, -0.2) is 4.98 Å². The number of aromatic amines is 1. The van der Waals surface area contributed by atoms with E-state index in [1.807, 2.05) is 4.90 Å². The van der Waals surface area contributed by atoms with E-state index in [-0.39, 0.29) is 12.2 Å². The van der Waals surface area contributed by atoms with Crippen LogP contribution in [0.15, 0.2) is 15.6 Å². The fraction of sp³-hybridized carbons (Fsp3) is 0.600. The summed E-state index contributed by atoms with van der Waals surface area (Å²) in [4.78, 5) is 19.9. The molecule has 90 valence electrons. The third-order valence-corrected chi connectivity index (χ3v) is 2.94. The molecule has 1 rings (SSSR count). The van der Waals surface area contributed by atoms with E-state index in [0.29, 0.717) is 16.8 Å². The van der Waals surface area contributed by atoms with Gasteiger partial charge in [0, 0.05) is 13.1 Å². The van der Waals surface area contributed by atoms with Gasteiger partial charge in [-0.1, -0.05) is 13.3 Å². The molecule has 2 N–H and O–H groups in total. The van der Waals surface area contributed by atoms with Crippen LogP contribution >= 0.6 is 15.9 Å². The lowest BCUT2D eigenvalue weighted by Crippen LogP contribution is -2.30. The second-order valence-corrected chi connectivity index (χ2v) is 4.23. The summed E-state index contributed by atoms with van der Waals surface area (Å²) in [6.07, 6.45) is 3.43. The number of rotatable bonds is 6. The van der Waals surface area contributed by atoms with Crippen LogP contribution in [-0.4, -0.2) is 34.8 Å². The van der Waals surface area contributed by atoms with E-state index in [1.54, 1.807) is 0 Å². The van der Waals surface area contributed by atoms with Crippen molar-refractivity contribution in [3.05, 3.63) is 21.2 Å². The Balaban J connectivity index is 2.91. The van der Waals surface area contributed by atoms with Crippen LogP contribution in [0.1, 0.15) is 19.8 Å². The van der Waals surface area contributed by atoms with Gasteiger partial charge in [-0.3, -0.25) is 4.79 Å². The Bertz CT molecular complexity index is 381. The van der Waals surface area contributed by atoms with Gasteiger partial charge < -0.3 is 15.0 Å². The van der Waals surface area contributed by atoms with E-state index < -0.39 is 0 Å². The number of H-pyrrole nitrogens is 1. The smallest absolute Gasteiger partial charge is 0.267 e. The van der Waals surface area contributed by atoms with E-state index >= 15 is 0 Å². The minimum atomic E-state index is -0.204. The van der Waals surface area contributed by atoms with Crippen molar-refractivity contribution in [3.8, 4) is 0 Å². The summed E-state index contributed by atoms with van der Waals surface area (Å²) >= 11 is 3.21. The van der Waals surface area contributed by atoms with Gasteiger partial charge in [0.05, 0.1) is 12.9 Å². The summed E-state index contributed by atoms with van der Waals surface area (Å²) in [6, 6.07) is 0. The molecule has 1 heterocycles. The highest BCUT2D eigenvalue weighted by molar-refractivity contribution is 9.10. The molecule has 0 bridgehead atoms. The van der Waals surface area contributed by atoms with Gasteiger partial charge in [-0.2, -0.15) is 0 Å². The van der Waals surface area contributed by atoms with Crippen molar-refractivity contribution in [1.82, 2.24) is 9.97 Å². The van der Waals surface area contributed by atoms with Crippen LogP contribution in [0.3, 0.4) is 0 Å². The fourth-order valence-corrected chi connectivity index (χ4v) is 1.85. The van der Waals surface area contributed by atoms with Crippen LogP contribution < -0.4 is 10.5 Å². The van der Waals surface area contributed by atoms with Crippen LogP contribution in [0.2, 0.25) is 0 Å². The molecule has 5 nitrogen and oxygen atoms in total. The second-order valence-electron chi connectivity index (χ2n) is 3.43. The molecule has 0 aliphatic rings. The lowest BCUT2D eigenvalue weighted by molar-refractivity contribution is 0.301. The third kappa shape index (κ3) is 3.31. The normalized spacial score (nSPS) is 10.4. The number of halogens is 1. The van der Waals surface area contributed by atoms with Gasteiger partial charge in [-0.05, 0) is 22.4 Å². The van der Waals surface area contributed by atoms with Gasteiger partial charge >= 0.3 is 0 Å². The van der Waals surface area contributed by atoms with Crippen molar-refractivity contribution in [3.63, 3.8) is 0 Å². The monoisotopic (exact) mass is 289 g/mol. The number of nitrogens with zero attached hydrogens (tertiary/aromatic N) is 2. The van der Waals surface area contributed by atoms with Gasteiger partial charge in [0.2, 0.25) is 0 Å². The van der Waals surface area contributed by atoms with Crippen molar-refractivity contribution in [1.29, 1.82) is 0 Å². The van der Waals surface area contributed by atoms with Crippen LogP contribution in [0.25, 0.3) is 0 Å². The topological polar surface area (TPSA) is 69.2 Å². The lowest BCUT2D eigenvalue weighted by Gasteiger charge is -2.22. The highest BCUT2D eigenvalue weighted by Gasteiger charge is 2.12. The Hall–Kier alpha value is -0.880. The summed E-state index contributed by atoms with van der Waals surface area (Å²) in [7, 11) is 0. The molecular weight excluding hydrogens is 274 g/mol. The Morgan fingerprint density at radius 3 is 2.94 bits per heavy atom. The minimum Gasteiger partial charge on any atom is -0.395 e. The second kappa shape index (κ2) is 6.65. The molecule has 0 amide bonds. The van der Waals surface area contributed by atoms with Gasteiger partial charge in [0.15, 0.2) is 0 Å². The Morgan fingerprint density at radius 1 is 1.56 bits per heavy atom. The van der Waals surface area contributed by atoms with Crippen molar-refractivity contribution in [2.75, 3.05) is 24.6 Å². The van der Waals surface area contributed by atoms with Gasteiger partial charge in [0.1, 0.15) is 10.3 Å². The average Bonchev–Trinajstić information content (AvgIpc) is 2.28. The number of nitrogens with one attached hydrogen (secondary N) is 1. The molecule has 1 aromatic rings. The Morgan fingerprint density at radius 2 is 2.31 bits per heavy atom. The maximum atomic E-state index is 11.4. The minimum absolute atomic E-state index is 0.0463. The first-order valence-electron chi connectivity index (χ1n) is 5.29. The van der Waals surface area contributed by atoms with E-state index in [4.69, 9.17) is 5.11 Å². The molecule has 0 saturated heterocycles. The number of anilines is 1. The maximum absolute atomic E-state index is 11.4. The zero-order valence-electron chi connectivity index (χ0n) is 9.24. The number of aliphatic hydroxyl groups excluding tert-OH is 1. The predicted molar refractivity (Wildman–Crippen MR) is 66.8 cm³/mol. The van der Waals surface area contributed by atoms with E-state index in [2.05, 4.69) is 32.8 Å². The molecule has 0 fully saturated rings. The third-order valence-electron chi connectivity index (χ3n) is 2.23. The standard InChI is InChI=1S/C10H16BrN3O2/c1-2-3-4-14(5-6-15)9-8(11)10(16)13-7-12-9/h7,15H,2-6H2,1H3,(H,12,13,16). The molecule has 0 aliphatic carbocycles. The molecule has 6 heteroatoms. The summed E-state index contributed by atoms with van der Waals surface area (Å²) in [5, 5.41) is 8.99. The molecule has 0 aliphatic heterocycles. The van der Waals surface area contributed by atoms with Crippen LogP contribution in [0.5, 0.6) is 0 Å². The number of unbranched alkanes of at least 4 members (excludes halogenated alkanes) is 1. The molecule has 0 radical (unpaired) electrons. The van der Waals surface area contributed by atoms with Crippen molar-refractivity contribution in [2.24, 2.45) is 0 Å². The quantitative estimate of drug-likeness (QED) is 0.824. The molecule has 0 saturated carbocycles. The molecule has 0 aromatic carbocycles. The molecule has 16 heavy (non-hydrogen) atoms. The lowest BCUT2D eigenvalue weighted by atomic mass is 10.3. The first kappa shape index (κ1) is 13.2. The van der Waals surface area contributed by atoms with Crippen molar-refractivity contribution < 1.29 is 5.11 Å². The molecule has 1 aromatic heterocycles. The van der Waals surface area contributed by atoms with Crippen LogP contribution in [0, 0.1) is 0 Å². The predicted octanol–water partition coefficient (Wildman–Crippen LogP) is 1.13. The van der Waals surface area contributed by atoms with Crippen LogP contribution in [-0.2, 0) is 0 Å². The van der Waals surface area contributed by atoms with Crippen LogP contribution in [0.4, 0.5) is 5.82 Å². The zero-order valence-corrected chi connectivity index (χ0v) is 10.8. The fourth-order valence-electron chi connectivity index (χ4n) is 1.39. The molecule has 0 atom stereocenters. The highest BCUT2D eigenvalue weighted by Crippen LogP contribution is 2.18. The summed E-state index contributed by atoms with van der Waals surface area (Å²) in [5.41, 5.74) is -0.204. The largest absolute Gasteiger partial charge is 0.395 e. The number of hydrogen-bond acceptors (Lipinski definition) is 4. The van der Waals surface area contributed by atoms with E-state index in [1.165, 1.54) is 6.33 Å². The number of hydrogen-bond donors (Lipinski definition) is 2. The Kier molecular flexibility index (Phi) is 5.48. The first-order valence-corrected chi connectivity index (χ1v) is 6.09. The Labute approximate surface area is 103 Å². The van der Waals surface area contributed by atoms with Gasteiger partial charge in [-0.15, -0.1) is 0 Å². The molecular formula is C10H16BrN3O2. The van der Waals surface area contributed by atoms with Crippen molar-refractivity contribution in [2.45, 2.75) is 19.8 Å². The van der Waals surface area contributed by atoms with E-state index in [9.17, 15) is 4.79 Å². The highest BCUT2D eigenvalue weighted by atomic mass is 79.9. The summed E-state index contributed by atoms with van der Waals surface area (Å²) < 4.78 is 0.416. The SMILES string of the molecule is CCCCN(CCO)c1nc[nH]c(=O)c1Br. The first-order chi connectivity index (χ1) is 7.70. The number of aromatic nitrogens is 2. The molecule has 0 spiro atoms. The summed E-state index contributed by atoms with van der Waals surface area (Å²) in [6.45, 7) is 3.41. The molecule has 0 unspecified atom stereocenters. The van der Waals surface area contributed by atoms with E-state index in [0.717, 1.165) is 19.4 Å². The number of aliphatic hydroxyl groups is 1. The average molecular weight is 290 g/mol. The maximum Gasteiger partial charge on any atom is 0.267 e. The zero-order chi connectivity index (χ0) is 12.0. The van der Waals surface area contributed by atoms with Crippen molar-refractivity contribution >= 4 is 21.7 Å². The summed E-state index contributed by atoms with van der Waals surface area (Å²) in [5.74, 6) is 0.589. The van der Waals surface area contributed by atoms with Gasteiger partial charge in [0.25, 0.3) is 5.56 Å².